The van der Waals surface area contributed by atoms with Crippen LogP contribution in [0.3, 0.4) is 0 Å². The zero-order chi connectivity index (χ0) is 16.2. The van der Waals surface area contributed by atoms with Gasteiger partial charge in [-0.2, -0.15) is 4.72 Å². The van der Waals surface area contributed by atoms with Crippen molar-refractivity contribution in [2.75, 3.05) is 0 Å². The minimum Gasteiger partial charge on any atom is -0.491 e. The van der Waals surface area contributed by atoms with Crippen molar-refractivity contribution >= 4 is 16.0 Å². The predicted octanol–water partition coefficient (Wildman–Crippen LogP) is 1.92. The summed E-state index contributed by atoms with van der Waals surface area (Å²) in [6.07, 6.45) is 0.156. The molecule has 1 rings (SSSR count). The monoisotopic (exact) mass is 315 g/mol. The van der Waals surface area contributed by atoms with Crippen molar-refractivity contribution in [1.82, 2.24) is 4.72 Å². The molecule has 0 bridgehead atoms. The molecule has 118 valence electrons. The molecular weight excluding hydrogens is 294 g/mol. The SMILES string of the molecule is CCC(NS(=O)(=O)c1ccc(OC(C)C)c(C)c1)C(=O)O. The van der Waals surface area contributed by atoms with Gasteiger partial charge in [-0.25, -0.2) is 8.42 Å². The minimum absolute atomic E-state index is 0.0132. The molecule has 21 heavy (non-hydrogen) atoms. The van der Waals surface area contributed by atoms with Gasteiger partial charge in [-0.3, -0.25) is 4.79 Å². The quantitative estimate of drug-likeness (QED) is 0.802. The second-order valence-corrected chi connectivity index (χ2v) is 6.73. The van der Waals surface area contributed by atoms with Crippen LogP contribution < -0.4 is 9.46 Å². The Bertz CT molecular complexity index is 610. The van der Waals surface area contributed by atoms with Gasteiger partial charge in [0.15, 0.2) is 0 Å². The summed E-state index contributed by atoms with van der Waals surface area (Å²) in [7, 11) is -3.87. The van der Waals surface area contributed by atoms with Gasteiger partial charge in [-0.05, 0) is 51.0 Å². The number of benzene rings is 1. The Morgan fingerprint density at radius 2 is 2.00 bits per heavy atom. The Hall–Kier alpha value is -1.60. The van der Waals surface area contributed by atoms with Crippen molar-refractivity contribution in [3.05, 3.63) is 23.8 Å². The molecule has 0 heterocycles. The van der Waals surface area contributed by atoms with Gasteiger partial charge in [-0.1, -0.05) is 6.92 Å². The summed E-state index contributed by atoms with van der Waals surface area (Å²) in [5, 5.41) is 8.93. The number of carboxylic acid groups (broad SMARTS) is 1. The van der Waals surface area contributed by atoms with Crippen LogP contribution in [0.4, 0.5) is 0 Å². The zero-order valence-electron chi connectivity index (χ0n) is 12.6. The second kappa shape index (κ2) is 6.91. The molecule has 7 heteroatoms. The normalized spacial score (nSPS) is 13.2. The van der Waals surface area contributed by atoms with E-state index in [1.165, 1.54) is 12.1 Å². The van der Waals surface area contributed by atoms with Crippen molar-refractivity contribution in [1.29, 1.82) is 0 Å². The van der Waals surface area contributed by atoms with E-state index in [0.717, 1.165) is 0 Å². The molecule has 0 aromatic heterocycles. The number of aliphatic carboxylic acids is 1. The third-order valence-corrected chi connectivity index (χ3v) is 4.29. The molecule has 0 aliphatic heterocycles. The molecule has 0 fully saturated rings. The van der Waals surface area contributed by atoms with Gasteiger partial charge in [0, 0.05) is 0 Å². The van der Waals surface area contributed by atoms with Gasteiger partial charge < -0.3 is 9.84 Å². The Kier molecular flexibility index (Phi) is 5.74. The summed E-state index contributed by atoms with van der Waals surface area (Å²) < 4.78 is 32.1. The number of carbonyl (C=O) groups is 1. The zero-order valence-corrected chi connectivity index (χ0v) is 13.4. The second-order valence-electron chi connectivity index (χ2n) is 5.01. The number of nitrogens with one attached hydrogen (secondary N) is 1. The van der Waals surface area contributed by atoms with Crippen LogP contribution in [0, 0.1) is 6.92 Å². The summed E-state index contributed by atoms with van der Waals surface area (Å²) in [5.41, 5.74) is 0.676. The molecule has 0 aliphatic carbocycles. The van der Waals surface area contributed by atoms with Crippen molar-refractivity contribution in [3.8, 4) is 5.75 Å². The van der Waals surface area contributed by atoms with E-state index in [1.807, 2.05) is 13.8 Å². The first-order valence-corrected chi connectivity index (χ1v) is 8.18. The van der Waals surface area contributed by atoms with E-state index in [0.29, 0.717) is 11.3 Å². The average molecular weight is 315 g/mol. The Morgan fingerprint density at radius 3 is 2.43 bits per heavy atom. The maximum atomic E-state index is 12.2. The maximum absolute atomic E-state index is 12.2. The molecule has 0 amide bonds. The third kappa shape index (κ3) is 4.71. The Morgan fingerprint density at radius 1 is 1.38 bits per heavy atom. The molecule has 6 nitrogen and oxygen atoms in total. The van der Waals surface area contributed by atoms with E-state index in [4.69, 9.17) is 9.84 Å². The lowest BCUT2D eigenvalue weighted by Crippen LogP contribution is -2.40. The maximum Gasteiger partial charge on any atom is 0.321 e. The predicted molar refractivity (Wildman–Crippen MR) is 79.0 cm³/mol. The number of hydrogen-bond acceptors (Lipinski definition) is 4. The fourth-order valence-electron chi connectivity index (χ4n) is 1.74. The van der Waals surface area contributed by atoms with Gasteiger partial charge in [0.25, 0.3) is 0 Å². The smallest absolute Gasteiger partial charge is 0.321 e. The van der Waals surface area contributed by atoms with Crippen LogP contribution in [-0.2, 0) is 14.8 Å². The number of carboxylic acids is 1. The molecule has 1 unspecified atom stereocenters. The molecular formula is C14H21NO5S. The summed E-state index contributed by atoms with van der Waals surface area (Å²) in [4.78, 5) is 11.0. The summed E-state index contributed by atoms with van der Waals surface area (Å²) in [6, 6.07) is 3.31. The highest BCUT2D eigenvalue weighted by atomic mass is 32.2. The van der Waals surface area contributed by atoms with Gasteiger partial charge in [0.1, 0.15) is 11.8 Å². The fraction of sp³-hybridized carbons (Fsp3) is 0.500. The number of rotatable bonds is 7. The number of aryl methyl sites for hydroxylation is 1. The largest absolute Gasteiger partial charge is 0.491 e. The molecule has 0 radical (unpaired) electrons. The van der Waals surface area contributed by atoms with Crippen molar-refractivity contribution < 1.29 is 23.1 Å². The van der Waals surface area contributed by atoms with Gasteiger partial charge >= 0.3 is 5.97 Å². The van der Waals surface area contributed by atoms with E-state index >= 15 is 0 Å². The number of sulfonamides is 1. The average Bonchev–Trinajstić information content (AvgIpc) is 2.37. The van der Waals surface area contributed by atoms with Gasteiger partial charge in [0.05, 0.1) is 11.0 Å². The van der Waals surface area contributed by atoms with E-state index in [1.54, 1.807) is 19.9 Å². The first kappa shape index (κ1) is 17.5. The molecule has 1 aromatic rings. The molecule has 1 aromatic carbocycles. The Balaban J connectivity index is 3.04. The fourth-order valence-corrected chi connectivity index (χ4v) is 3.10. The van der Waals surface area contributed by atoms with Crippen LogP contribution in [-0.4, -0.2) is 31.6 Å². The van der Waals surface area contributed by atoms with Crippen LogP contribution in [0.5, 0.6) is 5.75 Å². The molecule has 1 atom stereocenters. The van der Waals surface area contributed by atoms with Crippen LogP contribution >= 0.6 is 0 Å². The van der Waals surface area contributed by atoms with E-state index in [2.05, 4.69) is 4.72 Å². The van der Waals surface area contributed by atoms with Crippen molar-refractivity contribution in [2.24, 2.45) is 0 Å². The van der Waals surface area contributed by atoms with E-state index in [-0.39, 0.29) is 17.4 Å². The first-order valence-electron chi connectivity index (χ1n) is 6.69. The molecule has 0 saturated carbocycles. The topological polar surface area (TPSA) is 92.7 Å². The molecule has 0 saturated heterocycles. The highest BCUT2D eigenvalue weighted by molar-refractivity contribution is 7.89. The van der Waals surface area contributed by atoms with Crippen LogP contribution in [0.1, 0.15) is 32.8 Å². The van der Waals surface area contributed by atoms with Crippen LogP contribution in [0.25, 0.3) is 0 Å². The lowest BCUT2D eigenvalue weighted by atomic mass is 10.2. The third-order valence-electron chi connectivity index (χ3n) is 2.82. The number of ether oxygens (including phenoxy) is 1. The Labute approximate surface area is 125 Å². The summed E-state index contributed by atoms with van der Waals surface area (Å²) in [6.45, 7) is 7.10. The highest BCUT2D eigenvalue weighted by Gasteiger charge is 2.24. The summed E-state index contributed by atoms with van der Waals surface area (Å²) in [5.74, 6) is -0.591. The van der Waals surface area contributed by atoms with Crippen LogP contribution in [0.15, 0.2) is 23.1 Å². The minimum atomic E-state index is -3.87. The lowest BCUT2D eigenvalue weighted by molar-refractivity contribution is -0.139. The molecule has 0 aliphatic rings. The standard InChI is InChI=1S/C14H21NO5S/c1-5-12(14(16)17)15-21(18,19)11-6-7-13(10(4)8-11)20-9(2)3/h6-9,12,15H,5H2,1-4H3,(H,16,17). The van der Waals surface area contributed by atoms with Crippen molar-refractivity contribution in [2.45, 2.75) is 51.2 Å². The van der Waals surface area contributed by atoms with Crippen LogP contribution in [0.2, 0.25) is 0 Å². The van der Waals surface area contributed by atoms with Gasteiger partial charge in [-0.15, -0.1) is 0 Å². The van der Waals surface area contributed by atoms with Crippen molar-refractivity contribution in [3.63, 3.8) is 0 Å². The number of hydrogen-bond donors (Lipinski definition) is 2. The first-order chi connectivity index (χ1) is 9.67. The highest BCUT2D eigenvalue weighted by Crippen LogP contribution is 2.23. The molecule has 0 spiro atoms. The lowest BCUT2D eigenvalue weighted by Gasteiger charge is -2.15. The van der Waals surface area contributed by atoms with Gasteiger partial charge in [0.2, 0.25) is 10.0 Å². The summed E-state index contributed by atoms with van der Waals surface area (Å²) >= 11 is 0. The van der Waals surface area contributed by atoms with E-state index < -0.39 is 22.0 Å². The molecule has 2 N–H and O–H groups in total. The van der Waals surface area contributed by atoms with E-state index in [9.17, 15) is 13.2 Å².